The highest BCUT2D eigenvalue weighted by atomic mass is 19.1. The Kier molecular flexibility index (Phi) is 7.99. The number of hydrogen-bond acceptors (Lipinski definition) is 7. The molecular weight excluding hydrogens is 511 g/mol. The van der Waals surface area contributed by atoms with Crippen molar-refractivity contribution < 1.29 is 18.7 Å². The zero-order chi connectivity index (χ0) is 28.1. The molecule has 206 valence electrons. The summed E-state index contributed by atoms with van der Waals surface area (Å²) >= 11 is 0. The molecule has 3 N–H and O–H groups in total. The molecule has 0 saturated carbocycles. The number of carbonyl (C=O) groups excluding carboxylic acids is 1. The van der Waals surface area contributed by atoms with Crippen LogP contribution < -0.4 is 10.6 Å². The zero-order valence-electron chi connectivity index (χ0n) is 22.4. The number of hydrogen-bond donors (Lipinski definition) is 3. The number of H-pyrrole nitrogens is 1. The van der Waals surface area contributed by atoms with Gasteiger partial charge in [0.25, 0.3) is 0 Å². The molecule has 0 bridgehead atoms. The third-order valence-electron chi connectivity index (χ3n) is 6.68. The van der Waals surface area contributed by atoms with Gasteiger partial charge < -0.3 is 25.1 Å². The molecule has 4 aromatic rings. The molecule has 10 heteroatoms. The highest BCUT2D eigenvalue weighted by molar-refractivity contribution is 5.82. The number of anilines is 1. The van der Waals surface area contributed by atoms with Gasteiger partial charge in [0, 0.05) is 18.3 Å². The minimum Gasteiger partial charge on any atom is -0.352 e. The normalized spacial score (nSPS) is 19.5. The summed E-state index contributed by atoms with van der Waals surface area (Å²) in [6.07, 6.45) is 2.45. The standard InChI is InChI=1S/C30H31FN6O3/c1-4-15-32-28(38)30(3)17-39-27(40-18-30)26-36-24(21-10-12-22(31)13-11-21)25(37-26)23-14-16-33-29(35-23)34-19(2)20-8-6-5-7-9-20/h4-14,16,19,27H,1,15,17-18H2,2-3H3,(H,32,38)(H,36,37)(H,33,34,35). The van der Waals surface area contributed by atoms with Crippen molar-refractivity contribution in [3.8, 4) is 22.6 Å². The minimum atomic E-state index is -0.850. The smallest absolute Gasteiger partial charge is 0.230 e. The second kappa shape index (κ2) is 11.8. The molecule has 3 heterocycles. The summed E-state index contributed by atoms with van der Waals surface area (Å²) in [6, 6.07) is 17.8. The van der Waals surface area contributed by atoms with Gasteiger partial charge in [0.2, 0.25) is 18.1 Å². The Bertz CT molecular complexity index is 1470. The van der Waals surface area contributed by atoms with Crippen LogP contribution in [0.3, 0.4) is 0 Å². The molecule has 1 aliphatic heterocycles. The first-order valence-electron chi connectivity index (χ1n) is 13.0. The fourth-order valence-corrected chi connectivity index (χ4v) is 4.37. The van der Waals surface area contributed by atoms with Crippen LogP contribution in [0.1, 0.15) is 37.6 Å². The Hall–Kier alpha value is -4.41. The van der Waals surface area contributed by atoms with Crippen LogP contribution in [-0.2, 0) is 14.3 Å². The number of amides is 1. The van der Waals surface area contributed by atoms with Gasteiger partial charge in [0.15, 0.2) is 5.82 Å². The minimum absolute atomic E-state index is 0.0209. The van der Waals surface area contributed by atoms with E-state index in [4.69, 9.17) is 19.4 Å². The molecule has 0 spiro atoms. The van der Waals surface area contributed by atoms with E-state index < -0.39 is 11.7 Å². The van der Waals surface area contributed by atoms with E-state index in [9.17, 15) is 9.18 Å². The maximum atomic E-state index is 13.7. The summed E-state index contributed by atoms with van der Waals surface area (Å²) < 4.78 is 25.6. The molecule has 40 heavy (non-hydrogen) atoms. The third kappa shape index (κ3) is 5.93. The number of aromatic amines is 1. The molecule has 1 unspecified atom stereocenters. The van der Waals surface area contributed by atoms with E-state index in [2.05, 4.69) is 27.2 Å². The fraction of sp³-hybridized carbons (Fsp3) is 0.267. The van der Waals surface area contributed by atoms with Crippen LogP contribution in [-0.4, -0.2) is 45.6 Å². The van der Waals surface area contributed by atoms with Gasteiger partial charge in [-0.05, 0) is 49.7 Å². The topological polar surface area (TPSA) is 114 Å². The van der Waals surface area contributed by atoms with Crippen molar-refractivity contribution in [3.63, 3.8) is 0 Å². The number of imidazole rings is 1. The van der Waals surface area contributed by atoms with Crippen molar-refractivity contribution in [3.05, 3.63) is 96.7 Å². The number of ether oxygens (including phenoxy) is 2. The van der Waals surface area contributed by atoms with E-state index in [1.807, 2.05) is 37.3 Å². The molecule has 1 atom stereocenters. The number of aromatic nitrogens is 4. The maximum Gasteiger partial charge on any atom is 0.230 e. The average Bonchev–Trinajstić information content (AvgIpc) is 3.43. The van der Waals surface area contributed by atoms with E-state index in [0.717, 1.165) is 5.56 Å². The lowest BCUT2D eigenvalue weighted by Gasteiger charge is -2.35. The van der Waals surface area contributed by atoms with Crippen LogP contribution in [0.2, 0.25) is 0 Å². The molecule has 1 aliphatic rings. The van der Waals surface area contributed by atoms with E-state index in [-0.39, 0.29) is 31.0 Å². The fourth-order valence-electron chi connectivity index (χ4n) is 4.37. The van der Waals surface area contributed by atoms with Crippen LogP contribution in [0.15, 0.2) is 79.5 Å². The maximum absolute atomic E-state index is 13.7. The quantitative estimate of drug-likeness (QED) is 0.249. The van der Waals surface area contributed by atoms with Crippen molar-refractivity contribution in [2.75, 3.05) is 25.1 Å². The van der Waals surface area contributed by atoms with Gasteiger partial charge in [-0.2, -0.15) is 0 Å². The lowest BCUT2D eigenvalue weighted by atomic mass is 9.91. The number of rotatable bonds is 9. The molecule has 2 aromatic heterocycles. The summed E-state index contributed by atoms with van der Waals surface area (Å²) in [5, 5.41) is 6.14. The van der Waals surface area contributed by atoms with Gasteiger partial charge in [-0.15, -0.1) is 6.58 Å². The van der Waals surface area contributed by atoms with Crippen molar-refractivity contribution in [1.82, 2.24) is 25.3 Å². The predicted molar refractivity (Wildman–Crippen MR) is 149 cm³/mol. The first kappa shape index (κ1) is 27.2. The number of carbonyl (C=O) groups is 1. The van der Waals surface area contributed by atoms with Gasteiger partial charge in [-0.25, -0.2) is 19.3 Å². The molecule has 9 nitrogen and oxygen atoms in total. The van der Waals surface area contributed by atoms with Gasteiger partial charge in [0.05, 0.1) is 41.8 Å². The number of halogens is 1. The summed E-state index contributed by atoms with van der Waals surface area (Å²) in [7, 11) is 0. The van der Waals surface area contributed by atoms with Crippen LogP contribution in [0.5, 0.6) is 0 Å². The lowest BCUT2D eigenvalue weighted by Crippen LogP contribution is -2.48. The highest BCUT2D eigenvalue weighted by Crippen LogP contribution is 2.35. The molecule has 1 fully saturated rings. The van der Waals surface area contributed by atoms with Crippen molar-refractivity contribution in [1.29, 1.82) is 0 Å². The molecule has 2 aromatic carbocycles. The van der Waals surface area contributed by atoms with Gasteiger partial charge >= 0.3 is 0 Å². The molecule has 0 radical (unpaired) electrons. The largest absolute Gasteiger partial charge is 0.352 e. The third-order valence-corrected chi connectivity index (χ3v) is 6.68. The molecule has 1 saturated heterocycles. The van der Waals surface area contributed by atoms with E-state index in [0.29, 0.717) is 41.0 Å². The molecule has 1 amide bonds. The van der Waals surface area contributed by atoms with E-state index in [1.54, 1.807) is 37.4 Å². The monoisotopic (exact) mass is 542 g/mol. The Morgan fingerprint density at radius 3 is 2.58 bits per heavy atom. The summed E-state index contributed by atoms with van der Waals surface area (Å²) in [6.45, 7) is 8.09. The predicted octanol–water partition coefficient (Wildman–Crippen LogP) is 5.20. The highest BCUT2D eigenvalue weighted by Gasteiger charge is 2.40. The van der Waals surface area contributed by atoms with Crippen molar-refractivity contribution in [2.45, 2.75) is 26.2 Å². The van der Waals surface area contributed by atoms with Gasteiger partial charge in [0.1, 0.15) is 5.82 Å². The zero-order valence-corrected chi connectivity index (χ0v) is 22.4. The molecule has 0 aliphatic carbocycles. The summed E-state index contributed by atoms with van der Waals surface area (Å²) in [5.74, 6) is 0.330. The second-order valence-corrected chi connectivity index (χ2v) is 9.91. The summed E-state index contributed by atoms with van der Waals surface area (Å²) in [4.78, 5) is 29.8. The molecule has 5 rings (SSSR count). The number of nitrogens with one attached hydrogen (secondary N) is 3. The SMILES string of the molecule is C=CCNC(=O)C1(C)COC(c2nc(-c3ccc(F)cc3)c(-c3ccnc(NC(C)c4ccccc4)n3)[nH]2)OC1. The van der Waals surface area contributed by atoms with E-state index >= 15 is 0 Å². The molecular formula is C30H31FN6O3. The van der Waals surface area contributed by atoms with Crippen molar-refractivity contribution in [2.24, 2.45) is 5.41 Å². The van der Waals surface area contributed by atoms with Crippen LogP contribution in [0.25, 0.3) is 22.6 Å². The first-order chi connectivity index (χ1) is 19.4. The van der Waals surface area contributed by atoms with Crippen molar-refractivity contribution >= 4 is 11.9 Å². The Morgan fingerprint density at radius 1 is 1.15 bits per heavy atom. The Labute approximate surface area is 231 Å². The van der Waals surface area contributed by atoms with Crippen LogP contribution >= 0.6 is 0 Å². The van der Waals surface area contributed by atoms with Gasteiger partial charge in [-0.3, -0.25) is 4.79 Å². The Morgan fingerprint density at radius 2 is 1.88 bits per heavy atom. The average molecular weight is 543 g/mol. The van der Waals surface area contributed by atoms with E-state index in [1.165, 1.54) is 12.1 Å². The summed E-state index contributed by atoms with van der Waals surface area (Å²) in [5.41, 5.74) is 2.68. The number of nitrogens with zero attached hydrogens (tertiary/aromatic N) is 3. The van der Waals surface area contributed by atoms with Gasteiger partial charge in [-0.1, -0.05) is 36.4 Å². The number of benzene rings is 2. The first-order valence-corrected chi connectivity index (χ1v) is 13.0. The van der Waals surface area contributed by atoms with Crippen LogP contribution in [0, 0.1) is 11.2 Å². The Balaban J connectivity index is 1.43. The lowest BCUT2D eigenvalue weighted by molar-refractivity contribution is -0.230. The second-order valence-electron chi connectivity index (χ2n) is 9.91. The van der Waals surface area contributed by atoms with Crippen LogP contribution in [0.4, 0.5) is 10.3 Å².